The molecular formula is C22H23N3O4. The minimum atomic E-state index is -0.219. The standard InChI is InChI=1S/C22H23N3O4/c1-15-5-3-6-18(13-15)28-14-20(26)25-12-4-7-19(25)22-23-21(24-29-22)16-8-10-17(27-2)11-9-16/h3,5-6,8-11,13,19H,4,7,12,14H2,1-2H3/t19-/m0/s1. The maximum atomic E-state index is 12.7. The van der Waals surface area contributed by atoms with Gasteiger partial charge >= 0.3 is 0 Å². The van der Waals surface area contributed by atoms with Crippen LogP contribution in [0.4, 0.5) is 0 Å². The summed E-state index contributed by atoms with van der Waals surface area (Å²) in [5.74, 6) is 2.32. The highest BCUT2D eigenvalue weighted by atomic mass is 16.5. The largest absolute Gasteiger partial charge is 0.497 e. The fraction of sp³-hybridized carbons (Fsp3) is 0.318. The number of benzene rings is 2. The summed E-state index contributed by atoms with van der Waals surface area (Å²) in [7, 11) is 1.62. The quantitative estimate of drug-likeness (QED) is 0.634. The molecule has 0 aliphatic carbocycles. The van der Waals surface area contributed by atoms with Crippen molar-refractivity contribution in [2.75, 3.05) is 20.3 Å². The minimum absolute atomic E-state index is 0.0145. The first kappa shape index (κ1) is 19.0. The topological polar surface area (TPSA) is 77.7 Å². The molecule has 0 bridgehead atoms. The summed E-state index contributed by atoms with van der Waals surface area (Å²) in [6.07, 6.45) is 1.68. The van der Waals surface area contributed by atoms with Gasteiger partial charge in [0.25, 0.3) is 5.91 Å². The van der Waals surface area contributed by atoms with E-state index >= 15 is 0 Å². The average Bonchev–Trinajstić information content (AvgIpc) is 3.41. The average molecular weight is 393 g/mol. The molecule has 0 saturated carbocycles. The van der Waals surface area contributed by atoms with Gasteiger partial charge in [0.05, 0.1) is 7.11 Å². The summed E-state index contributed by atoms with van der Waals surface area (Å²) in [6, 6.07) is 14.9. The van der Waals surface area contributed by atoms with Crippen molar-refractivity contribution in [2.24, 2.45) is 0 Å². The number of amides is 1. The third kappa shape index (κ3) is 4.23. The van der Waals surface area contributed by atoms with Crippen LogP contribution in [-0.2, 0) is 4.79 Å². The molecule has 1 atom stereocenters. The van der Waals surface area contributed by atoms with E-state index < -0.39 is 0 Å². The normalized spacial score (nSPS) is 16.1. The Labute approximate surface area is 169 Å². The highest BCUT2D eigenvalue weighted by molar-refractivity contribution is 5.78. The number of ether oxygens (including phenoxy) is 2. The molecule has 1 saturated heterocycles. The van der Waals surface area contributed by atoms with Gasteiger partial charge in [-0.05, 0) is 61.7 Å². The molecule has 4 rings (SSSR count). The SMILES string of the molecule is COc1ccc(-c2noc([C@@H]3CCCN3C(=O)COc3cccc(C)c3)n2)cc1. The smallest absolute Gasteiger partial charge is 0.261 e. The van der Waals surface area contributed by atoms with Crippen molar-refractivity contribution in [3.63, 3.8) is 0 Å². The van der Waals surface area contributed by atoms with Crippen LogP contribution in [0, 0.1) is 6.92 Å². The van der Waals surface area contributed by atoms with Gasteiger partial charge in [-0.2, -0.15) is 4.98 Å². The number of methoxy groups -OCH3 is 1. The summed E-state index contributed by atoms with van der Waals surface area (Å²) in [4.78, 5) is 19.0. The van der Waals surface area contributed by atoms with Crippen molar-refractivity contribution in [1.82, 2.24) is 15.0 Å². The second-order valence-electron chi connectivity index (χ2n) is 7.04. The number of nitrogens with zero attached hydrogens (tertiary/aromatic N) is 3. The second kappa shape index (κ2) is 8.34. The molecule has 1 aromatic heterocycles. The zero-order valence-corrected chi connectivity index (χ0v) is 16.5. The van der Waals surface area contributed by atoms with Gasteiger partial charge in [0.15, 0.2) is 6.61 Å². The molecule has 0 radical (unpaired) electrons. The van der Waals surface area contributed by atoms with Gasteiger partial charge in [-0.15, -0.1) is 0 Å². The molecule has 1 fully saturated rings. The highest BCUT2D eigenvalue weighted by Gasteiger charge is 2.34. The number of carbonyl (C=O) groups excluding carboxylic acids is 1. The van der Waals surface area contributed by atoms with E-state index in [1.807, 2.05) is 55.5 Å². The molecule has 2 aromatic carbocycles. The van der Waals surface area contributed by atoms with Crippen LogP contribution >= 0.6 is 0 Å². The molecule has 1 aliphatic heterocycles. The number of rotatable bonds is 6. The zero-order valence-electron chi connectivity index (χ0n) is 16.5. The molecule has 7 nitrogen and oxygen atoms in total. The number of likely N-dealkylation sites (tertiary alicyclic amines) is 1. The van der Waals surface area contributed by atoms with Gasteiger partial charge in [0.1, 0.15) is 17.5 Å². The zero-order chi connectivity index (χ0) is 20.2. The van der Waals surface area contributed by atoms with Gasteiger partial charge in [-0.25, -0.2) is 0 Å². The van der Waals surface area contributed by atoms with Gasteiger partial charge in [-0.3, -0.25) is 4.79 Å². The van der Waals surface area contributed by atoms with Crippen molar-refractivity contribution in [2.45, 2.75) is 25.8 Å². The van der Waals surface area contributed by atoms with Crippen molar-refractivity contribution < 1.29 is 18.8 Å². The van der Waals surface area contributed by atoms with E-state index in [4.69, 9.17) is 14.0 Å². The third-order valence-corrected chi connectivity index (χ3v) is 5.00. The van der Waals surface area contributed by atoms with E-state index in [0.717, 1.165) is 29.7 Å². The van der Waals surface area contributed by atoms with Gasteiger partial charge in [0, 0.05) is 12.1 Å². The predicted octanol–water partition coefficient (Wildman–Crippen LogP) is 3.80. The molecule has 0 unspecified atom stereocenters. The van der Waals surface area contributed by atoms with Crippen LogP contribution in [0.2, 0.25) is 0 Å². The minimum Gasteiger partial charge on any atom is -0.497 e. The molecule has 7 heteroatoms. The Kier molecular flexibility index (Phi) is 5.46. The highest BCUT2D eigenvalue weighted by Crippen LogP contribution is 2.32. The Morgan fingerprint density at radius 3 is 2.79 bits per heavy atom. The molecule has 150 valence electrons. The van der Waals surface area contributed by atoms with Crippen molar-refractivity contribution in [3.05, 3.63) is 60.0 Å². The lowest BCUT2D eigenvalue weighted by atomic mass is 10.2. The number of aryl methyl sites for hydroxylation is 1. The number of hydrogen-bond acceptors (Lipinski definition) is 6. The summed E-state index contributed by atoms with van der Waals surface area (Å²) >= 11 is 0. The molecule has 1 aliphatic rings. The fourth-order valence-corrected chi connectivity index (χ4v) is 3.48. The lowest BCUT2D eigenvalue weighted by molar-refractivity contribution is -0.134. The van der Waals surface area contributed by atoms with Crippen LogP contribution in [-0.4, -0.2) is 41.2 Å². The molecule has 0 spiro atoms. The lowest BCUT2D eigenvalue weighted by Gasteiger charge is -2.21. The monoisotopic (exact) mass is 393 g/mol. The fourth-order valence-electron chi connectivity index (χ4n) is 3.48. The first-order valence-corrected chi connectivity index (χ1v) is 9.61. The molecule has 2 heterocycles. The summed E-state index contributed by atoms with van der Waals surface area (Å²) in [5, 5.41) is 4.09. The van der Waals surface area contributed by atoms with Crippen LogP contribution in [0.1, 0.15) is 30.3 Å². The van der Waals surface area contributed by atoms with E-state index in [2.05, 4.69) is 10.1 Å². The molecule has 0 N–H and O–H groups in total. The van der Waals surface area contributed by atoms with E-state index in [9.17, 15) is 4.79 Å². The van der Waals surface area contributed by atoms with Crippen LogP contribution in [0.25, 0.3) is 11.4 Å². The Balaban J connectivity index is 1.44. The van der Waals surface area contributed by atoms with Crippen molar-refractivity contribution >= 4 is 5.91 Å². The molecule has 1 amide bonds. The Bertz CT molecular complexity index is 984. The summed E-state index contributed by atoms with van der Waals surface area (Å²) < 4.78 is 16.3. The third-order valence-electron chi connectivity index (χ3n) is 5.00. The van der Waals surface area contributed by atoms with Crippen molar-refractivity contribution in [1.29, 1.82) is 0 Å². The number of carbonyl (C=O) groups is 1. The van der Waals surface area contributed by atoms with Crippen LogP contribution in [0.5, 0.6) is 11.5 Å². The van der Waals surface area contributed by atoms with Crippen LogP contribution in [0.3, 0.4) is 0 Å². The maximum absolute atomic E-state index is 12.7. The van der Waals surface area contributed by atoms with Gasteiger partial charge < -0.3 is 18.9 Å². The van der Waals surface area contributed by atoms with Crippen LogP contribution in [0.15, 0.2) is 53.1 Å². The Hall–Kier alpha value is -3.35. The first-order valence-electron chi connectivity index (χ1n) is 9.61. The second-order valence-corrected chi connectivity index (χ2v) is 7.04. The maximum Gasteiger partial charge on any atom is 0.261 e. The molecule has 29 heavy (non-hydrogen) atoms. The predicted molar refractivity (Wildman–Crippen MR) is 107 cm³/mol. The van der Waals surface area contributed by atoms with Crippen LogP contribution < -0.4 is 9.47 Å². The van der Waals surface area contributed by atoms with E-state index in [-0.39, 0.29) is 18.6 Å². The van der Waals surface area contributed by atoms with E-state index in [1.54, 1.807) is 12.0 Å². The molecular weight excluding hydrogens is 370 g/mol. The summed E-state index contributed by atoms with van der Waals surface area (Å²) in [5.41, 5.74) is 1.92. The van der Waals surface area contributed by atoms with Gasteiger partial charge in [0.2, 0.25) is 11.7 Å². The Morgan fingerprint density at radius 2 is 2.03 bits per heavy atom. The van der Waals surface area contributed by atoms with E-state index in [1.165, 1.54) is 0 Å². The number of aromatic nitrogens is 2. The Morgan fingerprint density at radius 1 is 1.21 bits per heavy atom. The van der Waals surface area contributed by atoms with E-state index in [0.29, 0.717) is 24.0 Å². The first-order chi connectivity index (χ1) is 14.1. The number of hydrogen-bond donors (Lipinski definition) is 0. The van der Waals surface area contributed by atoms with Crippen molar-refractivity contribution in [3.8, 4) is 22.9 Å². The lowest BCUT2D eigenvalue weighted by Crippen LogP contribution is -2.34. The summed E-state index contributed by atoms with van der Waals surface area (Å²) in [6.45, 7) is 2.63. The molecule has 3 aromatic rings. The van der Waals surface area contributed by atoms with Gasteiger partial charge in [-0.1, -0.05) is 17.3 Å².